The minimum atomic E-state index is -0.429. The number of carbonyl (C=O) groups excluding carboxylic acids is 1. The molecule has 15 heavy (non-hydrogen) atoms. The molecule has 0 saturated heterocycles. The van der Waals surface area contributed by atoms with Gasteiger partial charge in [-0.1, -0.05) is 12.1 Å². The van der Waals surface area contributed by atoms with Crippen LogP contribution in [0.2, 0.25) is 0 Å². The van der Waals surface area contributed by atoms with E-state index in [2.05, 4.69) is 0 Å². The number of anilines is 1. The number of thioether (sulfide) groups is 1. The van der Waals surface area contributed by atoms with Gasteiger partial charge in [-0.3, -0.25) is 4.79 Å². The van der Waals surface area contributed by atoms with Crippen LogP contribution in [0.5, 0.6) is 0 Å². The molecule has 0 aliphatic carbocycles. The maximum absolute atomic E-state index is 11.9. The lowest BCUT2D eigenvalue weighted by atomic mass is 10.2. The van der Waals surface area contributed by atoms with Crippen LogP contribution in [-0.4, -0.2) is 24.2 Å². The van der Waals surface area contributed by atoms with E-state index in [0.717, 1.165) is 22.9 Å². The molecule has 1 heterocycles. The lowest BCUT2D eigenvalue weighted by Crippen LogP contribution is -2.44. The van der Waals surface area contributed by atoms with Crippen molar-refractivity contribution in [3.8, 4) is 0 Å². The van der Waals surface area contributed by atoms with Gasteiger partial charge in [0.05, 0.1) is 11.7 Å². The summed E-state index contributed by atoms with van der Waals surface area (Å²) >= 11 is 1.79. The van der Waals surface area contributed by atoms with Gasteiger partial charge in [0, 0.05) is 17.2 Å². The first-order valence-corrected chi connectivity index (χ1v) is 5.97. The summed E-state index contributed by atoms with van der Waals surface area (Å²) in [5.41, 5.74) is 6.62. The number of amides is 1. The van der Waals surface area contributed by atoms with Gasteiger partial charge >= 0.3 is 0 Å². The van der Waals surface area contributed by atoms with Crippen molar-refractivity contribution in [1.29, 1.82) is 0 Å². The Morgan fingerprint density at radius 1 is 1.53 bits per heavy atom. The number of benzene rings is 1. The topological polar surface area (TPSA) is 46.3 Å². The van der Waals surface area contributed by atoms with E-state index < -0.39 is 6.04 Å². The Hall–Kier alpha value is -1.00. The fourth-order valence-corrected chi connectivity index (χ4v) is 2.64. The van der Waals surface area contributed by atoms with Crippen LogP contribution in [0, 0.1) is 0 Å². The normalized spacial score (nSPS) is 17.1. The molecule has 4 heteroatoms. The molecular formula is C11H14N2OS. The Bertz CT molecular complexity index is 379. The SMILES string of the molecule is CC(N)C(=O)N1CCSc2ccccc21. The zero-order chi connectivity index (χ0) is 10.8. The standard InChI is InChI=1S/C11H14N2OS/c1-8(12)11(14)13-6-7-15-10-5-3-2-4-9(10)13/h2-5,8H,6-7,12H2,1H3. The summed E-state index contributed by atoms with van der Waals surface area (Å²) in [6.07, 6.45) is 0. The molecular weight excluding hydrogens is 208 g/mol. The van der Waals surface area contributed by atoms with Crippen molar-refractivity contribution in [3.05, 3.63) is 24.3 Å². The summed E-state index contributed by atoms with van der Waals surface area (Å²) in [5, 5.41) is 0. The fourth-order valence-electron chi connectivity index (χ4n) is 1.64. The van der Waals surface area contributed by atoms with E-state index in [0.29, 0.717) is 0 Å². The smallest absolute Gasteiger partial charge is 0.243 e. The first kappa shape index (κ1) is 10.5. The highest BCUT2D eigenvalue weighted by atomic mass is 32.2. The number of fused-ring (bicyclic) bond motifs is 1. The van der Waals surface area contributed by atoms with Crippen molar-refractivity contribution in [2.24, 2.45) is 5.73 Å². The summed E-state index contributed by atoms with van der Waals surface area (Å²) in [7, 11) is 0. The average Bonchev–Trinajstić information content (AvgIpc) is 2.27. The first-order chi connectivity index (χ1) is 7.20. The Morgan fingerprint density at radius 2 is 2.27 bits per heavy atom. The molecule has 0 bridgehead atoms. The van der Waals surface area contributed by atoms with Crippen molar-refractivity contribution in [2.75, 3.05) is 17.2 Å². The molecule has 1 aliphatic rings. The summed E-state index contributed by atoms with van der Waals surface area (Å²) in [6.45, 7) is 2.48. The molecule has 1 amide bonds. The van der Waals surface area contributed by atoms with E-state index in [1.807, 2.05) is 24.3 Å². The number of nitrogens with zero attached hydrogens (tertiary/aromatic N) is 1. The minimum absolute atomic E-state index is 0.00255. The van der Waals surface area contributed by atoms with Gasteiger partial charge in [0.2, 0.25) is 5.91 Å². The molecule has 0 radical (unpaired) electrons. The second kappa shape index (κ2) is 4.24. The van der Waals surface area contributed by atoms with Crippen LogP contribution in [0.1, 0.15) is 6.92 Å². The highest BCUT2D eigenvalue weighted by Gasteiger charge is 2.24. The predicted octanol–water partition coefficient (Wildman–Crippen LogP) is 1.47. The average molecular weight is 222 g/mol. The number of hydrogen-bond acceptors (Lipinski definition) is 3. The molecule has 80 valence electrons. The summed E-state index contributed by atoms with van der Waals surface area (Å²) < 4.78 is 0. The van der Waals surface area contributed by atoms with Crippen molar-refractivity contribution >= 4 is 23.4 Å². The Labute approximate surface area is 93.6 Å². The van der Waals surface area contributed by atoms with E-state index in [-0.39, 0.29) is 5.91 Å². The van der Waals surface area contributed by atoms with Crippen LogP contribution in [0.15, 0.2) is 29.2 Å². The maximum atomic E-state index is 11.9. The minimum Gasteiger partial charge on any atom is -0.320 e. The molecule has 0 aromatic heterocycles. The Kier molecular flexibility index (Phi) is 2.98. The Balaban J connectivity index is 2.34. The zero-order valence-electron chi connectivity index (χ0n) is 8.64. The summed E-state index contributed by atoms with van der Waals surface area (Å²) in [6, 6.07) is 7.53. The molecule has 1 aliphatic heterocycles. The lowest BCUT2D eigenvalue weighted by Gasteiger charge is -2.30. The van der Waals surface area contributed by atoms with Crippen LogP contribution in [-0.2, 0) is 4.79 Å². The van der Waals surface area contributed by atoms with Gasteiger partial charge in [-0.25, -0.2) is 0 Å². The highest BCUT2D eigenvalue weighted by molar-refractivity contribution is 7.99. The quantitative estimate of drug-likeness (QED) is 0.782. The molecule has 2 rings (SSSR count). The number of rotatable bonds is 1. The van der Waals surface area contributed by atoms with E-state index in [9.17, 15) is 4.79 Å². The van der Waals surface area contributed by atoms with Crippen LogP contribution in [0.4, 0.5) is 5.69 Å². The largest absolute Gasteiger partial charge is 0.320 e. The number of hydrogen-bond donors (Lipinski definition) is 1. The van der Waals surface area contributed by atoms with E-state index >= 15 is 0 Å². The third kappa shape index (κ3) is 2.01. The number of carbonyl (C=O) groups is 1. The van der Waals surface area contributed by atoms with Crippen LogP contribution in [0.25, 0.3) is 0 Å². The molecule has 3 nitrogen and oxygen atoms in total. The van der Waals surface area contributed by atoms with Gasteiger partial charge in [0.15, 0.2) is 0 Å². The van der Waals surface area contributed by atoms with E-state index in [1.54, 1.807) is 23.6 Å². The second-order valence-electron chi connectivity index (χ2n) is 3.59. The van der Waals surface area contributed by atoms with Gasteiger partial charge in [-0.05, 0) is 19.1 Å². The third-order valence-electron chi connectivity index (χ3n) is 2.38. The summed E-state index contributed by atoms with van der Waals surface area (Å²) in [5.74, 6) is 0.943. The first-order valence-electron chi connectivity index (χ1n) is 4.99. The van der Waals surface area contributed by atoms with Crippen LogP contribution >= 0.6 is 11.8 Å². The van der Waals surface area contributed by atoms with Crippen LogP contribution in [0.3, 0.4) is 0 Å². The fraction of sp³-hybridized carbons (Fsp3) is 0.364. The molecule has 1 aromatic carbocycles. The van der Waals surface area contributed by atoms with Crippen molar-refractivity contribution < 1.29 is 4.79 Å². The molecule has 1 aromatic rings. The Morgan fingerprint density at radius 3 is 3.00 bits per heavy atom. The van der Waals surface area contributed by atoms with Gasteiger partial charge in [-0.15, -0.1) is 11.8 Å². The van der Waals surface area contributed by atoms with Crippen molar-refractivity contribution in [2.45, 2.75) is 17.9 Å². The predicted molar refractivity (Wildman–Crippen MR) is 63.2 cm³/mol. The maximum Gasteiger partial charge on any atom is 0.243 e. The van der Waals surface area contributed by atoms with Gasteiger partial charge in [0.25, 0.3) is 0 Å². The van der Waals surface area contributed by atoms with Gasteiger partial charge in [0.1, 0.15) is 0 Å². The van der Waals surface area contributed by atoms with Gasteiger partial charge < -0.3 is 10.6 Å². The summed E-state index contributed by atoms with van der Waals surface area (Å²) in [4.78, 5) is 14.8. The zero-order valence-corrected chi connectivity index (χ0v) is 9.46. The van der Waals surface area contributed by atoms with Crippen molar-refractivity contribution in [1.82, 2.24) is 0 Å². The molecule has 0 spiro atoms. The molecule has 0 saturated carbocycles. The third-order valence-corrected chi connectivity index (χ3v) is 3.43. The number of nitrogens with two attached hydrogens (primary N) is 1. The molecule has 2 N–H and O–H groups in total. The molecule has 1 unspecified atom stereocenters. The van der Waals surface area contributed by atoms with E-state index in [1.165, 1.54) is 0 Å². The second-order valence-corrected chi connectivity index (χ2v) is 4.73. The highest BCUT2D eigenvalue weighted by Crippen LogP contribution is 2.34. The monoisotopic (exact) mass is 222 g/mol. The lowest BCUT2D eigenvalue weighted by molar-refractivity contribution is -0.119. The molecule has 1 atom stereocenters. The van der Waals surface area contributed by atoms with E-state index in [4.69, 9.17) is 5.73 Å². The van der Waals surface area contributed by atoms with Crippen LogP contribution < -0.4 is 10.6 Å². The number of para-hydroxylation sites is 1. The van der Waals surface area contributed by atoms with Crippen molar-refractivity contribution in [3.63, 3.8) is 0 Å². The van der Waals surface area contributed by atoms with Gasteiger partial charge in [-0.2, -0.15) is 0 Å². The molecule has 0 fully saturated rings.